The monoisotopic (exact) mass is 407 g/mol. The highest BCUT2D eigenvalue weighted by molar-refractivity contribution is 7.18. The van der Waals surface area contributed by atoms with Gasteiger partial charge in [0.15, 0.2) is 0 Å². The quantitative estimate of drug-likeness (QED) is 0.660. The summed E-state index contributed by atoms with van der Waals surface area (Å²) in [7, 11) is 0. The van der Waals surface area contributed by atoms with Gasteiger partial charge in [0.2, 0.25) is 11.8 Å². The van der Waals surface area contributed by atoms with E-state index in [-0.39, 0.29) is 24.2 Å². The van der Waals surface area contributed by atoms with Crippen LogP contribution in [0.1, 0.15) is 42.3 Å². The number of para-hydroxylation sites is 1. The lowest BCUT2D eigenvalue weighted by atomic mass is 9.97. The summed E-state index contributed by atoms with van der Waals surface area (Å²) in [4.78, 5) is 31.9. The smallest absolute Gasteiger partial charge is 0.229 e. The predicted molar refractivity (Wildman–Crippen MR) is 119 cm³/mol. The number of hydrogen-bond acceptors (Lipinski definition) is 4. The van der Waals surface area contributed by atoms with Gasteiger partial charge in [0.25, 0.3) is 0 Å². The minimum atomic E-state index is -0.366. The maximum Gasteiger partial charge on any atom is 0.229 e. The van der Waals surface area contributed by atoms with E-state index in [1.165, 1.54) is 0 Å². The van der Waals surface area contributed by atoms with Crippen LogP contribution in [0, 0.1) is 19.8 Å². The summed E-state index contributed by atoms with van der Waals surface area (Å²) in [6.45, 7) is 8.59. The Morgan fingerprint density at radius 3 is 2.79 bits per heavy atom. The molecule has 6 heteroatoms. The van der Waals surface area contributed by atoms with Crippen LogP contribution in [0.3, 0.4) is 0 Å². The van der Waals surface area contributed by atoms with Crippen molar-refractivity contribution in [1.29, 1.82) is 0 Å². The third-order valence-corrected chi connectivity index (χ3v) is 6.41. The van der Waals surface area contributed by atoms with E-state index in [4.69, 9.17) is 0 Å². The Labute approximate surface area is 174 Å². The maximum atomic E-state index is 13.0. The van der Waals surface area contributed by atoms with Gasteiger partial charge >= 0.3 is 0 Å². The molecule has 1 aliphatic heterocycles. The molecule has 5 nitrogen and oxygen atoms in total. The summed E-state index contributed by atoms with van der Waals surface area (Å²) >= 11 is 1.64. The Bertz CT molecular complexity index is 1100. The molecule has 2 aromatic carbocycles. The number of carbonyl (C=O) groups is 2. The zero-order chi connectivity index (χ0) is 20.7. The van der Waals surface area contributed by atoms with Crippen LogP contribution in [0.4, 0.5) is 11.4 Å². The molecule has 0 aliphatic carbocycles. The Morgan fingerprint density at radius 1 is 1.24 bits per heavy atom. The molecule has 1 N–H and O–H groups in total. The molecule has 1 aliphatic rings. The normalized spacial score (nSPS) is 16.8. The number of aromatic nitrogens is 1. The van der Waals surface area contributed by atoms with Crippen molar-refractivity contribution in [1.82, 2.24) is 4.98 Å². The Balaban J connectivity index is 1.54. The lowest BCUT2D eigenvalue weighted by Crippen LogP contribution is -2.28. The number of nitrogens with zero attached hydrogens (tertiary/aromatic N) is 2. The van der Waals surface area contributed by atoms with Gasteiger partial charge < -0.3 is 10.2 Å². The summed E-state index contributed by atoms with van der Waals surface area (Å²) in [5.41, 5.74) is 4.73. The minimum Gasteiger partial charge on any atom is -0.325 e. The molecular formula is C23H25N3O2S. The number of anilines is 2. The Morgan fingerprint density at radius 2 is 2.03 bits per heavy atom. The van der Waals surface area contributed by atoms with Crippen LogP contribution in [-0.2, 0) is 9.59 Å². The predicted octanol–water partition coefficient (Wildman–Crippen LogP) is 5.03. The van der Waals surface area contributed by atoms with Crippen molar-refractivity contribution in [2.45, 2.75) is 40.0 Å². The highest BCUT2D eigenvalue weighted by atomic mass is 32.1. The number of fused-ring (bicyclic) bond motifs is 1. The van der Waals surface area contributed by atoms with Crippen molar-refractivity contribution >= 4 is 44.7 Å². The van der Waals surface area contributed by atoms with Gasteiger partial charge in [-0.1, -0.05) is 32.0 Å². The molecule has 0 saturated carbocycles. The molecule has 0 spiro atoms. The number of amides is 2. The molecular weight excluding hydrogens is 382 g/mol. The number of carbonyl (C=O) groups excluding carboxylic acids is 2. The Kier molecular flexibility index (Phi) is 5.13. The molecule has 1 aromatic heterocycles. The first-order chi connectivity index (χ1) is 13.8. The van der Waals surface area contributed by atoms with E-state index in [0.717, 1.165) is 37.7 Å². The lowest BCUT2D eigenvalue weighted by molar-refractivity contribution is -0.122. The van der Waals surface area contributed by atoms with Crippen molar-refractivity contribution in [2.75, 3.05) is 16.8 Å². The number of benzene rings is 2. The van der Waals surface area contributed by atoms with Crippen molar-refractivity contribution in [3.63, 3.8) is 0 Å². The van der Waals surface area contributed by atoms with Gasteiger partial charge in [-0.3, -0.25) is 9.59 Å². The van der Waals surface area contributed by atoms with Crippen molar-refractivity contribution in [3.05, 3.63) is 52.5 Å². The fourth-order valence-corrected chi connectivity index (χ4v) is 4.71. The topological polar surface area (TPSA) is 62.3 Å². The lowest BCUT2D eigenvalue weighted by Gasteiger charge is -2.19. The average molecular weight is 408 g/mol. The highest BCUT2D eigenvalue weighted by Gasteiger charge is 2.35. The van der Waals surface area contributed by atoms with E-state index < -0.39 is 0 Å². The molecule has 1 saturated heterocycles. The summed E-state index contributed by atoms with van der Waals surface area (Å²) in [6, 6.07) is 11.9. The van der Waals surface area contributed by atoms with Gasteiger partial charge in [-0.15, -0.1) is 11.3 Å². The van der Waals surface area contributed by atoms with Gasteiger partial charge in [0.1, 0.15) is 0 Å². The van der Waals surface area contributed by atoms with Crippen LogP contribution in [0.5, 0.6) is 0 Å². The second-order valence-corrected chi connectivity index (χ2v) is 9.21. The van der Waals surface area contributed by atoms with Crippen LogP contribution in [0.2, 0.25) is 0 Å². The first kappa shape index (κ1) is 19.6. The van der Waals surface area contributed by atoms with Crippen LogP contribution in [-0.4, -0.2) is 23.3 Å². The molecule has 2 amide bonds. The third-order valence-electron chi connectivity index (χ3n) is 5.46. The summed E-state index contributed by atoms with van der Waals surface area (Å²) in [6.07, 6.45) is 0.225. The highest BCUT2D eigenvalue weighted by Crippen LogP contribution is 2.32. The minimum absolute atomic E-state index is 0.0229. The standard InChI is InChI=1S/C23H25N3O2S/c1-13(2)18-7-5-6-14(3)22(18)25-23(28)16-10-21(27)26(12-16)17-8-9-20-19(11-17)24-15(4)29-20/h5-9,11,13,16H,10,12H2,1-4H3,(H,25,28). The summed E-state index contributed by atoms with van der Waals surface area (Å²) in [5.74, 6) is -0.178. The number of hydrogen-bond donors (Lipinski definition) is 1. The zero-order valence-corrected chi connectivity index (χ0v) is 18.0. The van der Waals surface area contributed by atoms with E-state index >= 15 is 0 Å². The molecule has 3 aromatic rings. The summed E-state index contributed by atoms with van der Waals surface area (Å²) in [5, 5.41) is 4.10. The largest absolute Gasteiger partial charge is 0.325 e. The molecule has 0 bridgehead atoms. The molecule has 4 rings (SSSR count). The van der Waals surface area contributed by atoms with Crippen LogP contribution >= 0.6 is 11.3 Å². The number of thiazole rings is 1. The molecule has 2 heterocycles. The van der Waals surface area contributed by atoms with Gasteiger partial charge in [-0.25, -0.2) is 4.98 Å². The molecule has 29 heavy (non-hydrogen) atoms. The van der Waals surface area contributed by atoms with Crippen molar-refractivity contribution in [2.24, 2.45) is 5.92 Å². The second kappa shape index (κ2) is 7.59. The van der Waals surface area contributed by atoms with E-state index in [9.17, 15) is 9.59 Å². The van der Waals surface area contributed by atoms with E-state index in [1.807, 2.05) is 50.2 Å². The first-order valence-electron chi connectivity index (χ1n) is 9.91. The molecule has 1 fully saturated rings. The first-order valence-corrected chi connectivity index (χ1v) is 10.7. The molecule has 1 unspecified atom stereocenters. The van der Waals surface area contributed by atoms with Crippen LogP contribution in [0.25, 0.3) is 10.2 Å². The fourth-order valence-electron chi connectivity index (χ4n) is 3.90. The van der Waals surface area contributed by atoms with Crippen molar-refractivity contribution < 1.29 is 9.59 Å². The zero-order valence-electron chi connectivity index (χ0n) is 17.2. The van der Waals surface area contributed by atoms with E-state index in [1.54, 1.807) is 16.2 Å². The number of rotatable bonds is 4. The van der Waals surface area contributed by atoms with Gasteiger partial charge in [-0.2, -0.15) is 0 Å². The molecule has 0 radical (unpaired) electrons. The third kappa shape index (κ3) is 3.77. The fraction of sp³-hybridized carbons (Fsp3) is 0.348. The molecule has 150 valence electrons. The van der Waals surface area contributed by atoms with E-state index in [2.05, 4.69) is 24.1 Å². The van der Waals surface area contributed by atoms with Gasteiger partial charge in [0, 0.05) is 24.3 Å². The van der Waals surface area contributed by atoms with Gasteiger partial charge in [-0.05, 0) is 49.1 Å². The average Bonchev–Trinajstić information content (AvgIpc) is 3.24. The number of nitrogens with one attached hydrogen (secondary N) is 1. The Hall–Kier alpha value is -2.73. The van der Waals surface area contributed by atoms with Crippen LogP contribution < -0.4 is 10.2 Å². The van der Waals surface area contributed by atoms with E-state index in [0.29, 0.717) is 12.5 Å². The second-order valence-electron chi connectivity index (χ2n) is 7.97. The van der Waals surface area contributed by atoms with Gasteiger partial charge in [0.05, 0.1) is 21.1 Å². The summed E-state index contributed by atoms with van der Waals surface area (Å²) < 4.78 is 1.10. The van der Waals surface area contributed by atoms with Crippen LogP contribution in [0.15, 0.2) is 36.4 Å². The number of aryl methyl sites for hydroxylation is 2. The van der Waals surface area contributed by atoms with Crippen molar-refractivity contribution in [3.8, 4) is 0 Å². The molecule has 1 atom stereocenters. The maximum absolute atomic E-state index is 13.0. The SMILES string of the molecule is Cc1nc2cc(N3CC(C(=O)Nc4c(C)cccc4C(C)C)CC3=O)ccc2s1.